The zero-order valence-electron chi connectivity index (χ0n) is 17.0. The normalized spacial score (nSPS) is 14.4. The first-order valence-corrected chi connectivity index (χ1v) is 10.0. The molecular formula is C23H20N6O2. The van der Waals surface area contributed by atoms with E-state index in [9.17, 15) is 9.59 Å². The van der Waals surface area contributed by atoms with Crippen LogP contribution in [0.5, 0.6) is 0 Å². The Labute approximate surface area is 179 Å². The fourth-order valence-electron chi connectivity index (χ4n) is 4.17. The van der Waals surface area contributed by atoms with Crippen molar-refractivity contribution in [3.05, 3.63) is 58.4 Å². The molecule has 0 saturated carbocycles. The van der Waals surface area contributed by atoms with Crippen LogP contribution in [0.25, 0.3) is 11.4 Å². The standard InChI is InChI=1S/C23H20N6O2/c1-28-18-6-8-25-22(31)17(18)11-20(28)21-16(12-26-23(24)27-21)5-3-14-2-4-15-7-9-29(13-30)19(15)10-14/h2,4,10-13H,6-9H2,1H3,(H,25,31)(H2,24,26,27). The van der Waals surface area contributed by atoms with Crippen LogP contribution in [0.4, 0.5) is 11.6 Å². The van der Waals surface area contributed by atoms with Crippen molar-refractivity contribution in [2.75, 3.05) is 23.7 Å². The Morgan fingerprint density at radius 3 is 2.90 bits per heavy atom. The molecule has 0 aliphatic carbocycles. The van der Waals surface area contributed by atoms with E-state index in [-0.39, 0.29) is 11.9 Å². The van der Waals surface area contributed by atoms with Crippen LogP contribution in [0.3, 0.4) is 0 Å². The number of anilines is 2. The third kappa shape index (κ3) is 3.20. The second kappa shape index (κ2) is 7.29. The van der Waals surface area contributed by atoms with Gasteiger partial charge in [-0.15, -0.1) is 0 Å². The molecule has 0 bridgehead atoms. The maximum atomic E-state index is 12.3. The molecule has 1 aromatic carbocycles. The number of rotatable bonds is 2. The highest BCUT2D eigenvalue weighted by Gasteiger charge is 2.24. The van der Waals surface area contributed by atoms with Crippen molar-refractivity contribution in [2.24, 2.45) is 7.05 Å². The molecule has 0 atom stereocenters. The molecule has 0 spiro atoms. The average Bonchev–Trinajstić information content (AvgIpc) is 3.34. The zero-order valence-corrected chi connectivity index (χ0v) is 17.0. The van der Waals surface area contributed by atoms with Crippen LogP contribution in [0.1, 0.15) is 32.7 Å². The van der Waals surface area contributed by atoms with Gasteiger partial charge in [-0.25, -0.2) is 9.97 Å². The average molecular weight is 412 g/mol. The topological polar surface area (TPSA) is 106 Å². The highest BCUT2D eigenvalue weighted by Crippen LogP contribution is 2.29. The number of carbonyl (C=O) groups excluding carboxylic acids is 2. The fraction of sp³-hybridized carbons (Fsp3) is 0.217. The van der Waals surface area contributed by atoms with Gasteiger partial charge in [0.05, 0.1) is 16.8 Å². The van der Waals surface area contributed by atoms with E-state index in [0.717, 1.165) is 47.5 Å². The van der Waals surface area contributed by atoms with Gasteiger partial charge in [0.25, 0.3) is 5.91 Å². The van der Waals surface area contributed by atoms with Gasteiger partial charge in [0, 0.05) is 49.7 Å². The van der Waals surface area contributed by atoms with Gasteiger partial charge < -0.3 is 20.5 Å². The molecule has 2 aromatic heterocycles. The van der Waals surface area contributed by atoms with E-state index in [4.69, 9.17) is 5.73 Å². The number of fused-ring (bicyclic) bond motifs is 2. The minimum Gasteiger partial charge on any atom is -0.368 e. The first kappa shape index (κ1) is 18.9. The summed E-state index contributed by atoms with van der Waals surface area (Å²) in [5.74, 6) is 6.35. The SMILES string of the molecule is Cn1c(-c2nc(N)ncc2C#Cc2ccc3c(c2)N(C=O)CC3)cc2c1CCNC2=O. The molecule has 5 rings (SSSR count). The van der Waals surface area contributed by atoms with Crippen LogP contribution >= 0.6 is 0 Å². The lowest BCUT2D eigenvalue weighted by atomic mass is 10.1. The minimum atomic E-state index is -0.0874. The molecule has 0 unspecified atom stereocenters. The first-order chi connectivity index (χ1) is 15.0. The van der Waals surface area contributed by atoms with E-state index in [0.29, 0.717) is 29.9 Å². The molecule has 2 aliphatic rings. The summed E-state index contributed by atoms with van der Waals surface area (Å²) in [6.07, 6.45) is 4.05. The Morgan fingerprint density at radius 2 is 2.10 bits per heavy atom. The number of nitrogen functional groups attached to an aromatic ring is 1. The Balaban J connectivity index is 1.57. The lowest BCUT2D eigenvalue weighted by molar-refractivity contribution is -0.107. The molecule has 31 heavy (non-hydrogen) atoms. The van der Waals surface area contributed by atoms with Gasteiger partial charge in [0.15, 0.2) is 0 Å². The number of nitrogens with two attached hydrogens (primary N) is 1. The number of carbonyl (C=O) groups is 2. The second-order valence-corrected chi connectivity index (χ2v) is 7.59. The van der Waals surface area contributed by atoms with Crippen molar-refractivity contribution in [1.29, 1.82) is 0 Å². The van der Waals surface area contributed by atoms with E-state index < -0.39 is 0 Å². The van der Waals surface area contributed by atoms with Crippen LogP contribution < -0.4 is 16.0 Å². The summed E-state index contributed by atoms with van der Waals surface area (Å²) >= 11 is 0. The molecule has 154 valence electrons. The monoisotopic (exact) mass is 412 g/mol. The van der Waals surface area contributed by atoms with Gasteiger partial charge in [-0.05, 0) is 30.2 Å². The van der Waals surface area contributed by atoms with E-state index in [1.807, 2.05) is 35.9 Å². The maximum Gasteiger partial charge on any atom is 0.253 e. The molecule has 8 heteroatoms. The number of hydrogen-bond donors (Lipinski definition) is 2. The van der Waals surface area contributed by atoms with Crippen LogP contribution in [0.15, 0.2) is 30.5 Å². The smallest absolute Gasteiger partial charge is 0.253 e. The fourth-order valence-corrected chi connectivity index (χ4v) is 4.17. The quantitative estimate of drug-likeness (QED) is 0.487. The molecule has 2 aliphatic heterocycles. The van der Waals surface area contributed by atoms with E-state index in [1.54, 1.807) is 11.1 Å². The molecule has 8 nitrogen and oxygen atoms in total. The Hall–Kier alpha value is -4.12. The number of nitrogens with zero attached hydrogens (tertiary/aromatic N) is 4. The van der Waals surface area contributed by atoms with Crippen molar-refractivity contribution < 1.29 is 9.59 Å². The summed E-state index contributed by atoms with van der Waals surface area (Å²) in [4.78, 5) is 33.7. The van der Waals surface area contributed by atoms with Crippen LogP contribution in [-0.4, -0.2) is 39.9 Å². The van der Waals surface area contributed by atoms with Gasteiger partial charge in [-0.3, -0.25) is 9.59 Å². The number of benzene rings is 1. The Kier molecular flexibility index (Phi) is 4.44. The highest BCUT2D eigenvalue weighted by atomic mass is 16.1. The third-order valence-corrected chi connectivity index (χ3v) is 5.79. The molecule has 3 N–H and O–H groups in total. The summed E-state index contributed by atoms with van der Waals surface area (Å²) in [7, 11) is 1.91. The summed E-state index contributed by atoms with van der Waals surface area (Å²) in [6.45, 7) is 1.30. The van der Waals surface area contributed by atoms with Gasteiger partial charge >= 0.3 is 0 Å². The number of amides is 2. The number of aromatic nitrogens is 3. The lowest BCUT2D eigenvalue weighted by Gasteiger charge is -2.14. The Bertz CT molecular complexity index is 1300. The minimum absolute atomic E-state index is 0.0874. The van der Waals surface area contributed by atoms with Crippen LogP contribution in [-0.2, 0) is 24.7 Å². The number of hydrogen-bond acceptors (Lipinski definition) is 5. The maximum absolute atomic E-state index is 12.3. The number of nitrogens with one attached hydrogen (secondary N) is 1. The molecule has 0 radical (unpaired) electrons. The first-order valence-electron chi connectivity index (χ1n) is 10.0. The van der Waals surface area contributed by atoms with Gasteiger partial charge in [0.1, 0.15) is 5.69 Å². The summed E-state index contributed by atoms with van der Waals surface area (Å²) in [5.41, 5.74) is 12.3. The van der Waals surface area contributed by atoms with E-state index in [2.05, 4.69) is 27.1 Å². The summed E-state index contributed by atoms with van der Waals surface area (Å²) < 4.78 is 1.97. The van der Waals surface area contributed by atoms with Gasteiger partial charge in [-0.2, -0.15) is 0 Å². The predicted molar refractivity (Wildman–Crippen MR) is 116 cm³/mol. The highest BCUT2D eigenvalue weighted by molar-refractivity contribution is 5.98. The molecule has 3 aromatic rings. The molecule has 4 heterocycles. The molecule has 0 saturated heterocycles. The van der Waals surface area contributed by atoms with Gasteiger partial charge in [0.2, 0.25) is 12.4 Å². The second-order valence-electron chi connectivity index (χ2n) is 7.59. The van der Waals surface area contributed by atoms with Crippen LogP contribution in [0, 0.1) is 11.8 Å². The summed E-state index contributed by atoms with van der Waals surface area (Å²) in [6, 6.07) is 7.71. The third-order valence-electron chi connectivity index (χ3n) is 5.79. The predicted octanol–water partition coefficient (Wildman–Crippen LogP) is 1.27. The van der Waals surface area contributed by atoms with Crippen molar-refractivity contribution in [1.82, 2.24) is 19.9 Å². The molecule has 0 fully saturated rings. The van der Waals surface area contributed by atoms with Crippen molar-refractivity contribution in [3.63, 3.8) is 0 Å². The lowest BCUT2D eigenvalue weighted by Crippen LogP contribution is -2.31. The van der Waals surface area contributed by atoms with Crippen molar-refractivity contribution >= 4 is 24.0 Å². The van der Waals surface area contributed by atoms with Crippen LogP contribution in [0.2, 0.25) is 0 Å². The zero-order chi connectivity index (χ0) is 21.5. The Morgan fingerprint density at radius 1 is 1.23 bits per heavy atom. The molecule has 2 amide bonds. The summed E-state index contributed by atoms with van der Waals surface area (Å²) in [5, 5.41) is 2.87. The van der Waals surface area contributed by atoms with Crippen molar-refractivity contribution in [2.45, 2.75) is 12.8 Å². The molecular weight excluding hydrogens is 392 g/mol. The largest absolute Gasteiger partial charge is 0.368 e. The van der Waals surface area contributed by atoms with E-state index >= 15 is 0 Å². The van der Waals surface area contributed by atoms with Crippen molar-refractivity contribution in [3.8, 4) is 23.2 Å². The van der Waals surface area contributed by atoms with E-state index in [1.165, 1.54) is 0 Å². The van der Waals surface area contributed by atoms with Gasteiger partial charge in [-0.1, -0.05) is 17.9 Å².